The molecule has 0 saturated heterocycles. The molecule has 6 rings (SSSR count). The van der Waals surface area contributed by atoms with E-state index in [0.29, 0.717) is 19.6 Å². The van der Waals surface area contributed by atoms with Crippen molar-refractivity contribution in [3.63, 3.8) is 0 Å². The van der Waals surface area contributed by atoms with Crippen LogP contribution in [0.5, 0.6) is 5.75 Å². The Morgan fingerprint density at radius 3 is 2.68 bits per heavy atom. The molecule has 0 spiro atoms. The van der Waals surface area contributed by atoms with E-state index >= 15 is 0 Å². The van der Waals surface area contributed by atoms with Crippen molar-refractivity contribution in [1.82, 2.24) is 4.57 Å². The van der Waals surface area contributed by atoms with Gasteiger partial charge in [-0.05, 0) is 81.4 Å². The second-order valence-electron chi connectivity index (χ2n) is 8.95. The third-order valence-corrected chi connectivity index (χ3v) is 8.17. The number of esters is 1. The van der Waals surface area contributed by atoms with E-state index in [4.69, 9.17) is 9.73 Å². The Balaban J connectivity index is 1.54. The molecule has 0 radical (unpaired) electrons. The minimum atomic E-state index is -0.409. The Morgan fingerprint density at radius 2 is 1.92 bits per heavy atom. The molecule has 37 heavy (non-hydrogen) atoms. The van der Waals surface area contributed by atoms with Gasteiger partial charge in [0.25, 0.3) is 5.56 Å². The molecule has 3 aromatic carbocycles. The predicted octanol–water partition coefficient (Wildman–Crippen LogP) is 5.15. The number of carbonyl (C=O) groups is 1. The SMILES string of the molecule is CC(=O)Oc1ccc(/C=c2/sc3n(c2=O)[C@H](c2ccc(F)cc2)C2=C(N=3)c3ccccc3CC2)cc1Br. The van der Waals surface area contributed by atoms with Crippen molar-refractivity contribution in [3.05, 3.63) is 125 Å². The van der Waals surface area contributed by atoms with Crippen LogP contribution in [0.3, 0.4) is 0 Å². The maximum Gasteiger partial charge on any atom is 0.308 e. The number of ether oxygens (including phenoxy) is 1. The van der Waals surface area contributed by atoms with Gasteiger partial charge in [-0.3, -0.25) is 14.2 Å². The van der Waals surface area contributed by atoms with Gasteiger partial charge in [-0.25, -0.2) is 9.38 Å². The van der Waals surface area contributed by atoms with Crippen molar-refractivity contribution in [2.45, 2.75) is 25.8 Å². The molecular formula is C29H20BrFN2O3S. The fraction of sp³-hybridized carbons (Fsp3) is 0.138. The lowest BCUT2D eigenvalue weighted by Gasteiger charge is -2.30. The van der Waals surface area contributed by atoms with E-state index in [2.05, 4.69) is 28.1 Å². The van der Waals surface area contributed by atoms with Crippen LogP contribution in [0.15, 0.2) is 86.6 Å². The number of aromatic nitrogens is 1. The highest BCUT2D eigenvalue weighted by Crippen LogP contribution is 2.41. The van der Waals surface area contributed by atoms with Gasteiger partial charge in [0, 0.05) is 12.5 Å². The van der Waals surface area contributed by atoms with Gasteiger partial charge in [-0.1, -0.05) is 53.8 Å². The highest BCUT2D eigenvalue weighted by atomic mass is 79.9. The number of fused-ring (bicyclic) bond motifs is 3. The predicted molar refractivity (Wildman–Crippen MR) is 145 cm³/mol. The summed E-state index contributed by atoms with van der Waals surface area (Å²) in [6.07, 6.45) is 3.44. The van der Waals surface area contributed by atoms with Gasteiger partial charge >= 0.3 is 5.97 Å². The molecule has 0 saturated carbocycles. The van der Waals surface area contributed by atoms with Crippen LogP contribution < -0.4 is 19.6 Å². The second-order valence-corrected chi connectivity index (χ2v) is 10.8. The lowest BCUT2D eigenvalue weighted by atomic mass is 9.83. The normalized spacial score (nSPS) is 16.5. The zero-order chi connectivity index (χ0) is 25.7. The molecular weight excluding hydrogens is 555 g/mol. The van der Waals surface area contributed by atoms with Gasteiger partial charge in [0.15, 0.2) is 4.80 Å². The fourth-order valence-electron chi connectivity index (χ4n) is 4.96. The third-order valence-electron chi connectivity index (χ3n) is 6.57. The van der Waals surface area contributed by atoms with Crippen molar-refractivity contribution < 1.29 is 13.9 Å². The number of rotatable bonds is 3. The number of carbonyl (C=O) groups excluding carboxylic acids is 1. The number of thiazole rings is 1. The van der Waals surface area contributed by atoms with E-state index in [9.17, 15) is 14.0 Å². The van der Waals surface area contributed by atoms with Gasteiger partial charge in [0.1, 0.15) is 11.6 Å². The largest absolute Gasteiger partial charge is 0.426 e. The first-order chi connectivity index (χ1) is 17.9. The molecule has 1 aliphatic heterocycles. The van der Waals surface area contributed by atoms with Crippen LogP contribution in [0, 0.1) is 5.82 Å². The van der Waals surface area contributed by atoms with E-state index < -0.39 is 5.97 Å². The van der Waals surface area contributed by atoms with E-state index in [0.717, 1.165) is 40.8 Å². The number of allylic oxidation sites excluding steroid dienone is 1. The smallest absolute Gasteiger partial charge is 0.308 e. The first kappa shape index (κ1) is 23.8. The number of halogens is 2. The van der Waals surface area contributed by atoms with Crippen LogP contribution in [-0.2, 0) is 11.2 Å². The summed E-state index contributed by atoms with van der Waals surface area (Å²) >= 11 is 4.76. The average molecular weight is 575 g/mol. The molecule has 0 fully saturated rings. The van der Waals surface area contributed by atoms with Crippen LogP contribution in [0.25, 0.3) is 11.8 Å². The Kier molecular flexibility index (Phi) is 6.01. The Labute approximate surface area is 224 Å². The van der Waals surface area contributed by atoms with Gasteiger partial charge in [-0.15, -0.1) is 0 Å². The summed E-state index contributed by atoms with van der Waals surface area (Å²) in [5, 5.41) is 0. The molecule has 2 heterocycles. The van der Waals surface area contributed by atoms with Crippen LogP contribution in [0.1, 0.15) is 41.6 Å². The van der Waals surface area contributed by atoms with Crippen molar-refractivity contribution in [3.8, 4) is 5.75 Å². The maximum absolute atomic E-state index is 13.8. The number of aryl methyl sites for hydroxylation is 1. The lowest BCUT2D eigenvalue weighted by molar-refractivity contribution is -0.131. The molecule has 184 valence electrons. The van der Waals surface area contributed by atoms with Crippen LogP contribution >= 0.6 is 27.3 Å². The van der Waals surface area contributed by atoms with Gasteiger partial charge in [0.05, 0.1) is 20.7 Å². The molecule has 8 heteroatoms. The molecule has 0 unspecified atom stereocenters. The minimum absolute atomic E-state index is 0.149. The summed E-state index contributed by atoms with van der Waals surface area (Å²) in [6, 6.07) is 19.5. The molecule has 5 nitrogen and oxygen atoms in total. The summed E-state index contributed by atoms with van der Waals surface area (Å²) in [4.78, 5) is 30.7. The van der Waals surface area contributed by atoms with Gasteiger partial charge in [-0.2, -0.15) is 0 Å². The minimum Gasteiger partial charge on any atom is -0.426 e. The zero-order valence-electron chi connectivity index (χ0n) is 19.7. The van der Waals surface area contributed by atoms with Gasteiger partial charge < -0.3 is 4.74 Å². The van der Waals surface area contributed by atoms with Crippen molar-refractivity contribution >= 4 is 45.0 Å². The highest BCUT2D eigenvalue weighted by Gasteiger charge is 2.32. The number of benzene rings is 3. The van der Waals surface area contributed by atoms with E-state index in [1.165, 1.54) is 36.0 Å². The first-order valence-corrected chi connectivity index (χ1v) is 13.4. The zero-order valence-corrected chi connectivity index (χ0v) is 22.1. The van der Waals surface area contributed by atoms with Crippen LogP contribution in [0.2, 0.25) is 0 Å². The van der Waals surface area contributed by atoms with Crippen molar-refractivity contribution in [2.24, 2.45) is 4.99 Å². The molecule has 0 amide bonds. The van der Waals surface area contributed by atoms with Crippen LogP contribution in [-0.4, -0.2) is 10.5 Å². The van der Waals surface area contributed by atoms with Crippen molar-refractivity contribution in [1.29, 1.82) is 0 Å². The maximum atomic E-state index is 13.8. The number of hydrogen-bond donors (Lipinski definition) is 0. The van der Waals surface area contributed by atoms with Crippen LogP contribution in [0.4, 0.5) is 4.39 Å². The Morgan fingerprint density at radius 1 is 1.14 bits per heavy atom. The fourth-order valence-corrected chi connectivity index (χ4v) is 6.44. The number of hydrogen-bond acceptors (Lipinski definition) is 5. The molecule has 0 bridgehead atoms. The summed E-state index contributed by atoms with van der Waals surface area (Å²) < 4.78 is 21.9. The molecule has 4 aromatic rings. The summed E-state index contributed by atoms with van der Waals surface area (Å²) in [6.45, 7) is 1.34. The quantitative estimate of drug-likeness (QED) is 0.251. The first-order valence-electron chi connectivity index (χ1n) is 11.8. The second kappa shape index (κ2) is 9.36. The topological polar surface area (TPSA) is 60.7 Å². The van der Waals surface area contributed by atoms with E-state index in [1.807, 2.05) is 18.2 Å². The van der Waals surface area contributed by atoms with E-state index in [1.54, 1.807) is 34.9 Å². The Bertz CT molecular complexity index is 1790. The summed E-state index contributed by atoms with van der Waals surface area (Å²) in [7, 11) is 0. The monoisotopic (exact) mass is 574 g/mol. The van der Waals surface area contributed by atoms with E-state index in [-0.39, 0.29) is 17.4 Å². The highest BCUT2D eigenvalue weighted by molar-refractivity contribution is 9.10. The van der Waals surface area contributed by atoms with Crippen molar-refractivity contribution in [2.75, 3.05) is 0 Å². The molecule has 0 N–H and O–H groups in total. The molecule has 1 aliphatic carbocycles. The molecule has 2 aliphatic rings. The lowest BCUT2D eigenvalue weighted by Crippen LogP contribution is -2.38. The standard InChI is InChI=1S/C29H20BrFN2O3S/c1-16(34)36-24-13-6-17(14-23(24)30)15-25-28(35)33-27(19-7-10-20(31)11-8-19)22-12-9-18-4-2-3-5-21(18)26(22)32-29(33)37-25/h2-8,10-11,13-15,27H,9,12H2,1H3/b25-15+/t27-/m1/s1. The van der Waals surface area contributed by atoms with Gasteiger partial charge in [0.2, 0.25) is 0 Å². The Hall–Kier alpha value is -3.62. The summed E-state index contributed by atoms with van der Waals surface area (Å²) in [5.74, 6) is -0.316. The average Bonchev–Trinajstić information content (AvgIpc) is 3.19. The number of nitrogens with zero attached hydrogens (tertiary/aromatic N) is 2. The molecule has 1 atom stereocenters. The summed E-state index contributed by atoms with van der Waals surface area (Å²) in [5.41, 5.74) is 5.77. The third kappa shape index (κ3) is 4.30. The molecule has 1 aromatic heterocycles.